The second kappa shape index (κ2) is 13.5. The minimum Gasteiger partial charge on any atom is -1.00 e. The number of allylic oxidation sites excluding steroid dienone is 4. The first-order valence-corrected chi connectivity index (χ1v) is 11.6. The van der Waals surface area contributed by atoms with Gasteiger partial charge in [-0.3, -0.25) is 6.08 Å². The van der Waals surface area contributed by atoms with E-state index in [-0.39, 0.29) is 24.8 Å². The minimum absolute atomic E-state index is 0. The number of rotatable bonds is 0. The molecule has 0 amide bonds. The predicted molar refractivity (Wildman–Crippen MR) is 112 cm³/mol. The second-order valence-corrected chi connectivity index (χ2v) is 11.5. The molecule has 1 aromatic carbocycles. The van der Waals surface area contributed by atoms with E-state index in [1.165, 1.54) is 60.1 Å². The predicted octanol–water partition coefficient (Wildman–Crippen LogP) is 0.638. The normalized spacial score (nSPS) is 16.6. The summed E-state index contributed by atoms with van der Waals surface area (Å²) >= 11 is 1.55. The van der Waals surface area contributed by atoms with Crippen LogP contribution in [-0.4, -0.2) is 3.21 Å². The average Bonchev–Trinajstić information content (AvgIpc) is 3.22. The zero-order valence-electron chi connectivity index (χ0n) is 18.4. The van der Waals surface area contributed by atoms with Crippen molar-refractivity contribution in [3.05, 3.63) is 52.1 Å². The van der Waals surface area contributed by atoms with Gasteiger partial charge >= 0.3 is 41.3 Å². The number of fused-ring (bicyclic) bond motifs is 3. The summed E-state index contributed by atoms with van der Waals surface area (Å²) in [5.74, 6) is 0. The van der Waals surface area contributed by atoms with Gasteiger partial charge in [-0.1, -0.05) is 77.6 Å². The molecule has 1 aromatic rings. The van der Waals surface area contributed by atoms with Crippen LogP contribution in [-0.2, 0) is 49.9 Å². The summed E-state index contributed by atoms with van der Waals surface area (Å²) < 4.78 is 1.51. The summed E-state index contributed by atoms with van der Waals surface area (Å²) in [6.45, 7) is 10.9. The summed E-state index contributed by atoms with van der Waals surface area (Å²) in [7, 11) is 0. The largest absolute Gasteiger partial charge is 1.00 e. The van der Waals surface area contributed by atoms with Crippen LogP contribution in [0.3, 0.4) is 0 Å². The van der Waals surface area contributed by atoms with Crippen LogP contribution < -0.4 is 24.8 Å². The summed E-state index contributed by atoms with van der Waals surface area (Å²) in [5, 5.41) is 0. The maximum Gasteiger partial charge on any atom is -0.0512 e. The molecule has 28 heavy (non-hydrogen) atoms. The van der Waals surface area contributed by atoms with Crippen LogP contribution >= 0.6 is 0 Å². The zero-order chi connectivity index (χ0) is 19.2. The third-order valence-electron chi connectivity index (χ3n) is 5.30. The van der Waals surface area contributed by atoms with Gasteiger partial charge in [0.25, 0.3) is 0 Å². The molecule has 0 saturated carbocycles. The molecule has 0 spiro atoms. The standard InChI is InChI=1S/C13H17.C9H13.C3H6.2ClH.Zr/c1-3-7-12-10(5-1)9-11-6-2-4-8-13(11)12;1-9(2,3)8-6-4-5-7-8;1-3-2;;;/h9H,1-8H2;6-7H,4H2,1-3H3;1-2H3;2*1H;/q2*-1;;;;+2/p-2. The van der Waals surface area contributed by atoms with Gasteiger partial charge in [-0.2, -0.15) is 40.0 Å². The van der Waals surface area contributed by atoms with E-state index in [1.807, 2.05) is 0 Å². The van der Waals surface area contributed by atoms with Crippen molar-refractivity contribution in [3.63, 3.8) is 0 Å². The fourth-order valence-electron chi connectivity index (χ4n) is 4.00. The first-order chi connectivity index (χ1) is 12.3. The first kappa shape index (κ1) is 28.2. The molecular formula is C25H36Cl2Zr-2. The van der Waals surface area contributed by atoms with E-state index in [1.54, 1.807) is 46.5 Å². The molecule has 0 N–H and O–H groups in total. The maximum absolute atomic E-state index is 3.16. The SMILES string of the molecule is CC(C)(C)C1=CC[C-]=C1.C[C](C)=[Zr+2].[Cl-].[Cl-].[cH-]1c2c(c3c1CCCC3)CCCC2. The van der Waals surface area contributed by atoms with Crippen LogP contribution in [0.4, 0.5) is 0 Å². The van der Waals surface area contributed by atoms with Crippen LogP contribution in [0.1, 0.15) is 89.0 Å². The molecule has 3 aliphatic carbocycles. The Bertz CT molecular complexity index is 637. The topological polar surface area (TPSA) is 0 Å². The monoisotopic (exact) mass is 496 g/mol. The summed E-state index contributed by atoms with van der Waals surface area (Å²) in [6, 6.07) is 2.52. The van der Waals surface area contributed by atoms with Crippen molar-refractivity contribution in [1.82, 2.24) is 0 Å². The molecule has 4 rings (SSSR count). The van der Waals surface area contributed by atoms with Gasteiger partial charge < -0.3 is 24.8 Å². The van der Waals surface area contributed by atoms with Crippen molar-refractivity contribution in [2.75, 3.05) is 0 Å². The third-order valence-corrected chi connectivity index (χ3v) is 5.30. The van der Waals surface area contributed by atoms with Crippen molar-refractivity contribution in [2.24, 2.45) is 5.41 Å². The number of hydrogen-bond donors (Lipinski definition) is 0. The quantitative estimate of drug-likeness (QED) is 0.461. The molecule has 3 aliphatic rings. The van der Waals surface area contributed by atoms with E-state index in [4.69, 9.17) is 0 Å². The van der Waals surface area contributed by atoms with Crippen molar-refractivity contribution < 1.29 is 49.0 Å². The van der Waals surface area contributed by atoms with Crippen molar-refractivity contribution >= 4 is 3.21 Å². The smallest absolute Gasteiger partial charge is 0.0512 e. The van der Waals surface area contributed by atoms with Crippen LogP contribution in [0, 0.1) is 11.5 Å². The Balaban J connectivity index is 0.000000432. The first-order valence-electron chi connectivity index (χ1n) is 10.4. The van der Waals surface area contributed by atoms with E-state index in [2.05, 4.69) is 58.9 Å². The van der Waals surface area contributed by atoms with E-state index in [0.717, 1.165) is 6.42 Å². The Kier molecular flexibility index (Phi) is 13.5. The Labute approximate surface area is 201 Å². The average molecular weight is 499 g/mol. The van der Waals surface area contributed by atoms with Gasteiger partial charge in [0.05, 0.1) is 0 Å². The number of hydrogen-bond acceptors (Lipinski definition) is 0. The van der Waals surface area contributed by atoms with Crippen LogP contribution in [0.5, 0.6) is 0 Å². The van der Waals surface area contributed by atoms with E-state index >= 15 is 0 Å². The van der Waals surface area contributed by atoms with Crippen molar-refractivity contribution in [1.29, 1.82) is 0 Å². The summed E-state index contributed by atoms with van der Waals surface area (Å²) in [4.78, 5) is 0. The molecule has 0 unspecified atom stereocenters. The molecule has 0 aromatic heterocycles. The Hall–Kier alpha value is 0.163. The van der Waals surface area contributed by atoms with Crippen molar-refractivity contribution in [3.8, 4) is 0 Å². The van der Waals surface area contributed by atoms with E-state index in [9.17, 15) is 0 Å². The summed E-state index contributed by atoms with van der Waals surface area (Å²) in [5.41, 5.74) is 8.68. The fraction of sp³-hybridized carbons (Fsp3) is 0.600. The van der Waals surface area contributed by atoms with Crippen LogP contribution in [0.25, 0.3) is 0 Å². The van der Waals surface area contributed by atoms with Crippen LogP contribution in [0.15, 0.2) is 23.8 Å². The van der Waals surface area contributed by atoms with E-state index in [0.29, 0.717) is 5.41 Å². The molecule has 0 bridgehead atoms. The van der Waals surface area contributed by atoms with Gasteiger partial charge in [-0.15, -0.1) is 6.42 Å². The van der Waals surface area contributed by atoms with Gasteiger partial charge in [0.15, 0.2) is 0 Å². The summed E-state index contributed by atoms with van der Waals surface area (Å²) in [6.07, 6.45) is 19.7. The third kappa shape index (κ3) is 8.89. The fourth-order valence-corrected chi connectivity index (χ4v) is 4.00. The Morgan fingerprint density at radius 2 is 1.32 bits per heavy atom. The second-order valence-electron chi connectivity index (χ2n) is 9.03. The Morgan fingerprint density at radius 1 is 0.893 bits per heavy atom. The molecule has 0 fully saturated rings. The van der Waals surface area contributed by atoms with Gasteiger partial charge in [0.2, 0.25) is 0 Å². The van der Waals surface area contributed by atoms with Gasteiger partial charge in [-0.25, -0.2) is 6.08 Å². The van der Waals surface area contributed by atoms with E-state index < -0.39 is 0 Å². The van der Waals surface area contributed by atoms with Crippen LogP contribution in [0.2, 0.25) is 0 Å². The zero-order valence-corrected chi connectivity index (χ0v) is 22.3. The molecule has 0 heterocycles. The number of halogens is 2. The Morgan fingerprint density at radius 3 is 1.64 bits per heavy atom. The van der Waals surface area contributed by atoms with Gasteiger partial charge in [0, 0.05) is 0 Å². The molecule has 156 valence electrons. The number of aryl methyl sites for hydroxylation is 2. The molecule has 0 nitrogen and oxygen atoms in total. The molecule has 0 radical (unpaired) electrons. The van der Waals surface area contributed by atoms with Gasteiger partial charge in [0.1, 0.15) is 0 Å². The molecule has 0 atom stereocenters. The minimum atomic E-state index is 0. The molecule has 0 saturated heterocycles. The van der Waals surface area contributed by atoms with Crippen molar-refractivity contribution in [2.45, 2.75) is 92.4 Å². The van der Waals surface area contributed by atoms with Gasteiger partial charge in [-0.05, 0) is 0 Å². The molecular weight excluding hydrogens is 462 g/mol. The molecule has 3 heteroatoms. The maximum atomic E-state index is 3.16. The molecule has 0 aliphatic heterocycles.